The fourth-order valence-electron chi connectivity index (χ4n) is 1.73. The monoisotopic (exact) mass is 245 g/mol. The van der Waals surface area contributed by atoms with Crippen LogP contribution in [0, 0.1) is 5.82 Å². The lowest BCUT2D eigenvalue weighted by Gasteiger charge is -2.15. The number of benzene rings is 2. The zero-order chi connectivity index (χ0) is 13.0. The van der Waals surface area contributed by atoms with E-state index < -0.39 is 0 Å². The molecule has 0 amide bonds. The summed E-state index contributed by atoms with van der Waals surface area (Å²) >= 11 is 0. The Labute approximate surface area is 106 Å². The SMILES string of the molecule is CNc1ccc(OC(C)c2cccc(F)c2)cc1. The van der Waals surface area contributed by atoms with Crippen molar-refractivity contribution in [3.63, 3.8) is 0 Å². The first kappa shape index (κ1) is 12.4. The summed E-state index contributed by atoms with van der Waals surface area (Å²) in [5.41, 5.74) is 1.86. The lowest BCUT2D eigenvalue weighted by molar-refractivity contribution is 0.226. The number of nitrogens with one attached hydrogen (secondary N) is 1. The first-order chi connectivity index (χ1) is 8.69. The van der Waals surface area contributed by atoms with E-state index in [0.29, 0.717) is 0 Å². The molecule has 0 aliphatic rings. The van der Waals surface area contributed by atoms with E-state index in [9.17, 15) is 4.39 Å². The van der Waals surface area contributed by atoms with E-state index in [0.717, 1.165) is 17.0 Å². The molecule has 2 rings (SSSR count). The van der Waals surface area contributed by atoms with Crippen LogP contribution in [0.1, 0.15) is 18.6 Å². The van der Waals surface area contributed by atoms with Gasteiger partial charge in [-0.25, -0.2) is 4.39 Å². The lowest BCUT2D eigenvalue weighted by Crippen LogP contribution is -2.03. The van der Waals surface area contributed by atoms with E-state index in [1.807, 2.05) is 44.3 Å². The number of hydrogen-bond acceptors (Lipinski definition) is 2. The van der Waals surface area contributed by atoms with Crippen molar-refractivity contribution in [1.29, 1.82) is 0 Å². The van der Waals surface area contributed by atoms with Crippen molar-refractivity contribution in [3.8, 4) is 5.75 Å². The van der Waals surface area contributed by atoms with Crippen LogP contribution >= 0.6 is 0 Å². The van der Waals surface area contributed by atoms with Crippen LogP contribution in [-0.2, 0) is 0 Å². The van der Waals surface area contributed by atoms with Crippen LogP contribution in [0.15, 0.2) is 48.5 Å². The van der Waals surface area contributed by atoms with Gasteiger partial charge in [-0.05, 0) is 48.9 Å². The summed E-state index contributed by atoms with van der Waals surface area (Å²) in [4.78, 5) is 0. The highest BCUT2D eigenvalue weighted by Crippen LogP contribution is 2.23. The number of halogens is 1. The Morgan fingerprint density at radius 2 is 1.83 bits per heavy atom. The summed E-state index contributed by atoms with van der Waals surface area (Å²) in [5, 5.41) is 3.04. The van der Waals surface area contributed by atoms with Crippen molar-refractivity contribution < 1.29 is 9.13 Å². The Kier molecular flexibility index (Phi) is 3.82. The molecule has 0 saturated carbocycles. The molecule has 2 nitrogen and oxygen atoms in total. The van der Waals surface area contributed by atoms with Gasteiger partial charge in [-0.15, -0.1) is 0 Å². The Hall–Kier alpha value is -2.03. The van der Waals surface area contributed by atoms with Crippen molar-refractivity contribution in [1.82, 2.24) is 0 Å². The summed E-state index contributed by atoms with van der Waals surface area (Å²) in [6, 6.07) is 14.1. The third-order valence-electron chi connectivity index (χ3n) is 2.77. The molecular formula is C15H16FNO. The van der Waals surface area contributed by atoms with Crippen LogP contribution in [0.2, 0.25) is 0 Å². The molecule has 2 aromatic carbocycles. The molecule has 18 heavy (non-hydrogen) atoms. The molecule has 2 aromatic rings. The molecule has 0 saturated heterocycles. The van der Waals surface area contributed by atoms with Crippen LogP contribution in [0.5, 0.6) is 5.75 Å². The van der Waals surface area contributed by atoms with E-state index in [1.165, 1.54) is 12.1 Å². The molecule has 1 unspecified atom stereocenters. The van der Waals surface area contributed by atoms with Gasteiger partial charge in [0.2, 0.25) is 0 Å². The second-order valence-corrected chi connectivity index (χ2v) is 4.09. The first-order valence-electron chi connectivity index (χ1n) is 5.89. The highest BCUT2D eigenvalue weighted by atomic mass is 19.1. The van der Waals surface area contributed by atoms with E-state index in [1.54, 1.807) is 6.07 Å². The second-order valence-electron chi connectivity index (χ2n) is 4.09. The van der Waals surface area contributed by atoms with Gasteiger partial charge in [0.1, 0.15) is 17.7 Å². The summed E-state index contributed by atoms with van der Waals surface area (Å²) in [6.07, 6.45) is -0.180. The van der Waals surface area contributed by atoms with Gasteiger partial charge in [0.15, 0.2) is 0 Å². The number of hydrogen-bond donors (Lipinski definition) is 1. The standard InChI is InChI=1S/C15H16FNO/c1-11(12-4-3-5-13(16)10-12)18-15-8-6-14(17-2)7-9-15/h3-11,17H,1-2H3. The zero-order valence-corrected chi connectivity index (χ0v) is 10.5. The third kappa shape index (κ3) is 3.00. The third-order valence-corrected chi connectivity index (χ3v) is 2.77. The largest absolute Gasteiger partial charge is 0.486 e. The van der Waals surface area contributed by atoms with Crippen LogP contribution in [0.25, 0.3) is 0 Å². The molecule has 1 atom stereocenters. The van der Waals surface area contributed by atoms with Crippen LogP contribution in [0.4, 0.5) is 10.1 Å². The topological polar surface area (TPSA) is 21.3 Å². The summed E-state index contributed by atoms with van der Waals surface area (Å²) in [5.74, 6) is 0.527. The van der Waals surface area contributed by atoms with Gasteiger partial charge in [0.25, 0.3) is 0 Å². The maximum absolute atomic E-state index is 13.1. The number of rotatable bonds is 4. The number of anilines is 1. The normalized spacial score (nSPS) is 11.9. The van der Waals surface area contributed by atoms with E-state index in [2.05, 4.69) is 5.32 Å². The molecule has 0 fully saturated rings. The van der Waals surface area contributed by atoms with Gasteiger partial charge in [0, 0.05) is 12.7 Å². The van der Waals surface area contributed by atoms with Gasteiger partial charge in [-0.2, -0.15) is 0 Å². The zero-order valence-electron chi connectivity index (χ0n) is 10.5. The van der Waals surface area contributed by atoms with Crippen LogP contribution in [0.3, 0.4) is 0 Å². The van der Waals surface area contributed by atoms with E-state index in [4.69, 9.17) is 4.74 Å². The molecule has 0 aromatic heterocycles. The van der Waals surface area contributed by atoms with Gasteiger partial charge >= 0.3 is 0 Å². The van der Waals surface area contributed by atoms with Crippen molar-refractivity contribution in [2.24, 2.45) is 0 Å². The minimum atomic E-state index is -0.242. The Balaban J connectivity index is 2.08. The first-order valence-corrected chi connectivity index (χ1v) is 5.89. The maximum atomic E-state index is 13.1. The predicted molar refractivity (Wildman–Crippen MR) is 71.4 cm³/mol. The molecule has 0 bridgehead atoms. The predicted octanol–water partition coefficient (Wildman–Crippen LogP) is 4.01. The minimum Gasteiger partial charge on any atom is -0.486 e. The number of ether oxygens (including phenoxy) is 1. The molecule has 0 heterocycles. The molecule has 0 aliphatic carbocycles. The van der Waals surface area contributed by atoms with E-state index in [-0.39, 0.29) is 11.9 Å². The summed E-state index contributed by atoms with van der Waals surface area (Å²) in [6.45, 7) is 1.90. The quantitative estimate of drug-likeness (QED) is 0.878. The Bertz CT molecular complexity index is 510. The van der Waals surface area contributed by atoms with Crippen LogP contribution in [-0.4, -0.2) is 7.05 Å². The Morgan fingerprint density at radius 3 is 2.44 bits per heavy atom. The molecule has 0 aliphatic heterocycles. The molecule has 0 spiro atoms. The second kappa shape index (κ2) is 5.54. The fraction of sp³-hybridized carbons (Fsp3) is 0.200. The van der Waals surface area contributed by atoms with Gasteiger partial charge < -0.3 is 10.1 Å². The average Bonchev–Trinajstić information content (AvgIpc) is 2.39. The molecule has 94 valence electrons. The van der Waals surface area contributed by atoms with E-state index >= 15 is 0 Å². The van der Waals surface area contributed by atoms with Gasteiger partial charge in [0.05, 0.1) is 0 Å². The lowest BCUT2D eigenvalue weighted by atomic mass is 10.1. The summed E-state index contributed by atoms with van der Waals surface area (Å²) in [7, 11) is 1.87. The molecule has 1 N–H and O–H groups in total. The molecular weight excluding hydrogens is 229 g/mol. The smallest absolute Gasteiger partial charge is 0.123 e. The highest BCUT2D eigenvalue weighted by Gasteiger charge is 2.07. The van der Waals surface area contributed by atoms with Crippen LogP contribution < -0.4 is 10.1 Å². The summed E-state index contributed by atoms with van der Waals surface area (Å²) < 4.78 is 18.9. The van der Waals surface area contributed by atoms with Crippen molar-refractivity contribution in [2.45, 2.75) is 13.0 Å². The molecule has 3 heteroatoms. The molecule has 0 radical (unpaired) electrons. The average molecular weight is 245 g/mol. The minimum absolute atomic E-state index is 0.180. The Morgan fingerprint density at radius 1 is 1.11 bits per heavy atom. The van der Waals surface area contributed by atoms with Gasteiger partial charge in [-0.1, -0.05) is 12.1 Å². The maximum Gasteiger partial charge on any atom is 0.123 e. The highest BCUT2D eigenvalue weighted by molar-refractivity contribution is 5.45. The van der Waals surface area contributed by atoms with Crippen molar-refractivity contribution >= 4 is 5.69 Å². The van der Waals surface area contributed by atoms with Crippen molar-refractivity contribution in [3.05, 3.63) is 59.9 Å². The van der Waals surface area contributed by atoms with Crippen molar-refractivity contribution in [2.75, 3.05) is 12.4 Å². The fourth-order valence-corrected chi connectivity index (χ4v) is 1.73. The van der Waals surface area contributed by atoms with Gasteiger partial charge in [-0.3, -0.25) is 0 Å².